The number of likely N-dealkylation sites (tertiary alicyclic amines) is 1. The van der Waals surface area contributed by atoms with Gasteiger partial charge in [0, 0.05) is 19.3 Å². The summed E-state index contributed by atoms with van der Waals surface area (Å²) in [5.74, 6) is 1.30. The fourth-order valence-corrected chi connectivity index (χ4v) is 2.75. The lowest BCUT2D eigenvalue weighted by molar-refractivity contribution is 0.0676. The number of aromatic nitrogens is 1. The Morgan fingerprint density at radius 1 is 1.48 bits per heavy atom. The van der Waals surface area contributed by atoms with Gasteiger partial charge in [-0.05, 0) is 57.8 Å². The molecule has 0 bridgehead atoms. The van der Waals surface area contributed by atoms with Crippen LogP contribution in [0.25, 0.3) is 0 Å². The molecule has 5 nitrogen and oxygen atoms in total. The number of carbonyl (C=O) groups excluding carboxylic acids is 1. The van der Waals surface area contributed by atoms with Gasteiger partial charge in [0.25, 0.3) is 5.91 Å². The van der Waals surface area contributed by atoms with Gasteiger partial charge in [0.2, 0.25) is 0 Å². The number of hydrogen-bond donors (Lipinski definition) is 1. The van der Waals surface area contributed by atoms with Crippen LogP contribution >= 0.6 is 0 Å². The average Bonchev–Trinajstić information content (AvgIpc) is 2.53. The molecule has 116 valence electrons. The van der Waals surface area contributed by atoms with Crippen molar-refractivity contribution in [3.05, 3.63) is 24.0 Å². The topological polar surface area (TPSA) is 54.5 Å². The van der Waals surface area contributed by atoms with E-state index in [0.29, 0.717) is 18.1 Å². The zero-order valence-electron chi connectivity index (χ0n) is 13.0. The predicted octanol–water partition coefficient (Wildman–Crippen LogP) is 1.94. The van der Waals surface area contributed by atoms with E-state index in [4.69, 9.17) is 4.74 Å². The van der Waals surface area contributed by atoms with Crippen molar-refractivity contribution in [2.24, 2.45) is 5.92 Å². The molecular formula is C16H25N3O2. The summed E-state index contributed by atoms with van der Waals surface area (Å²) in [4.78, 5) is 18.7. The Kier molecular flexibility index (Phi) is 5.99. The van der Waals surface area contributed by atoms with Crippen molar-refractivity contribution < 1.29 is 9.53 Å². The van der Waals surface area contributed by atoms with Crippen molar-refractivity contribution in [2.45, 2.75) is 26.2 Å². The summed E-state index contributed by atoms with van der Waals surface area (Å²) in [6.45, 7) is 5.13. The van der Waals surface area contributed by atoms with E-state index in [0.717, 1.165) is 38.4 Å². The number of nitrogens with one attached hydrogen (secondary N) is 1. The highest BCUT2D eigenvalue weighted by atomic mass is 16.5. The Morgan fingerprint density at radius 2 is 2.24 bits per heavy atom. The van der Waals surface area contributed by atoms with Crippen molar-refractivity contribution >= 4 is 5.91 Å². The summed E-state index contributed by atoms with van der Waals surface area (Å²) in [5, 5.41) is 3.19. The quantitative estimate of drug-likeness (QED) is 0.870. The molecule has 21 heavy (non-hydrogen) atoms. The summed E-state index contributed by atoms with van der Waals surface area (Å²) in [6, 6.07) is 3.61. The Bertz CT molecular complexity index is 457. The summed E-state index contributed by atoms with van der Waals surface area (Å²) < 4.78 is 5.50. The third-order valence-electron chi connectivity index (χ3n) is 3.98. The monoisotopic (exact) mass is 291 g/mol. The van der Waals surface area contributed by atoms with E-state index >= 15 is 0 Å². The van der Waals surface area contributed by atoms with Crippen molar-refractivity contribution in [2.75, 3.05) is 33.3 Å². The molecule has 1 aliphatic rings. The SMILES string of the molecule is CCOc1cccnc1C(=O)N1CCC(CCNC)CC1. The van der Waals surface area contributed by atoms with Crippen molar-refractivity contribution in [3.63, 3.8) is 0 Å². The van der Waals surface area contributed by atoms with Gasteiger partial charge >= 0.3 is 0 Å². The Hall–Kier alpha value is -1.62. The fraction of sp³-hybridized carbons (Fsp3) is 0.625. The molecule has 0 aliphatic carbocycles. The van der Waals surface area contributed by atoms with E-state index in [1.165, 1.54) is 6.42 Å². The predicted molar refractivity (Wildman–Crippen MR) is 82.6 cm³/mol. The van der Waals surface area contributed by atoms with Crippen molar-refractivity contribution in [1.82, 2.24) is 15.2 Å². The molecule has 5 heteroatoms. The summed E-state index contributed by atoms with van der Waals surface area (Å²) in [6.07, 6.45) is 4.98. The fourth-order valence-electron chi connectivity index (χ4n) is 2.75. The summed E-state index contributed by atoms with van der Waals surface area (Å²) in [5.41, 5.74) is 0.438. The molecule has 2 rings (SSSR count). The van der Waals surface area contributed by atoms with Crippen LogP contribution in [0.5, 0.6) is 5.75 Å². The molecule has 2 heterocycles. The molecule has 1 aliphatic heterocycles. The van der Waals surface area contributed by atoms with Crippen LogP contribution in [0.1, 0.15) is 36.7 Å². The van der Waals surface area contributed by atoms with Gasteiger partial charge in [0.05, 0.1) is 6.61 Å². The number of piperidine rings is 1. The van der Waals surface area contributed by atoms with Gasteiger partial charge in [-0.15, -0.1) is 0 Å². The number of rotatable bonds is 6. The van der Waals surface area contributed by atoms with Crippen LogP contribution in [0.4, 0.5) is 0 Å². The molecule has 0 spiro atoms. The average molecular weight is 291 g/mol. The minimum atomic E-state index is -0.00823. The Morgan fingerprint density at radius 3 is 2.90 bits per heavy atom. The maximum Gasteiger partial charge on any atom is 0.276 e. The molecule has 0 unspecified atom stereocenters. The lowest BCUT2D eigenvalue weighted by atomic mass is 9.93. The van der Waals surface area contributed by atoms with E-state index in [-0.39, 0.29) is 5.91 Å². The van der Waals surface area contributed by atoms with Gasteiger partial charge in [0.15, 0.2) is 11.4 Å². The van der Waals surface area contributed by atoms with Crippen LogP contribution in [0.15, 0.2) is 18.3 Å². The van der Waals surface area contributed by atoms with Crippen LogP contribution in [0.3, 0.4) is 0 Å². The second kappa shape index (κ2) is 7.98. The third-order valence-corrected chi connectivity index (χ3v) is 3.98. The summed E-state index contributed by atoms with van der Waals surface area (Å²) in [7, 11) is 1.98. The highest BCUT2D eigenvalue weighted by molar-refractivity contribution is 5.95. The minimum Gasteiger partial charge on any atom is -0.491 e. The molecular weight excluding hydrogens is 266 g/mol. The van der Waals surface area contributed by atoms with Gasteiger partial charge < -0.3 is 15.0 Å². The minimum absolute atomic E-state index is 0.00823. The zero-order chi connectivity index (χ0) is 15.1. The first-order valence-corrected chi connectivity index (χ1v) is 7.78. The molecule has 1 fully saturated rings. The van der Waals surface area contributed by atoms with Gasteiger partial charge in [-0.2, -0.15) is 0 Å². The van der Waals surface area contributed by atoms with Crippen LogP contribution < -0.4 is 10.1 Å². The number of ether oxygens (including phenoxy) is 1. The van der Waals surface area contributed by atoms with E-state index < -0.39 is 0 Å². The largest absolute Gasteiger partial charge is 0.491 e. The second-order valence-electron chi connectivity index (χ2n) is 5.41. The number of pyridine rings is 1. The van der Waals surface area contributed by atoms with Crippen LogP contribution in [-0.4, -0.2) is 49.1 Å². The first-order valence-electron chi connectivity index (χ1n) is 7.78. The van der Waals surface area contributed by atoms with Gasteiger partial charge in [-0.1, -0.05) is 0 Å². The third kappa shape index (κ3) is 4.17. The van der Waals surface area contributed by atoms with Crippen LogP contribution in [0, 0.1) is 5.92 Å². The number of nitrogens with zero attached hydrogens (tertiary/aromatic N) is 2. The van der Waals surface area contributed by atoms with Crippen LogP contribution in [-0.2, 0) is 0 Å². The van der Waals surface area contributed by atoms with E-state index in [9.17, 15) is 4.79 Å². The maximum atomic E-state index is 12.6. The number of amides is 1. The lowest BCUT2D eigenvalue weighted by Gasteiger charge is -2.32. The molecule has 0 radical (unpaired) electrons. The van der Waals surface area contributed by atoms with E-state index in [1.807, 2.05) is 24.9 Å². The highest BCUT2D eigenvalue weighted by Crippen LogP contribution is 2.23. The molecule has 1 aromatic heterocycles. The lowest BCUT2D eigenvalue weighted by Crippen LogP contribution is -2.39. The highest BCUT2D eigenvalue weighted by Gasteiger charge is 2.25. The Balaban J connectivity index is 1.96. The molecule has 0 aromatic carbocycles. The first kappa shape index (κ1) is 15.8. The summed E-state index contributed by atoms with van der Waals surface area (Å²) >= 11 is 0. The Labute approximate surface area is 126 Å². The number of carbonyl (C=O) groups is 1. The van der Waals surface area contributed by atoms with E-state index in [1.54, 1.807) is 12.3 Å². The second-order valence-corrected chi connectivity index (χ2v) is 5.41. The van der Waals surface area contributed by atoms with Gasteiger partial charge in [0.1, 0.15) is 0 Å². The van der Waals surface area contributed by atoms with Crippen LogP contribution in [0.2, 0.25) is 0 Å². The molecule has 1 aromatic rings. The van der Waals surface area contributed by atoms with Gasteiger partial charge in [-0.25, -0.2) is 4.98 Å². The van der Waals surface area contributed by atoms with Crippen molar-refractivity contribution in [1.29, 1.82) is 0 Å². The van der Waals surface area contributed by atoms with Gasteiger partial charge in [-0.3, -0.25) is 4.79 Å². The normalized spacial score (nSPS) is 16.0. The zero-order valence-corrected chi connectivity index (χ0v) is 13.0. The molecule has 1 saturated heterocycles. The maximum absolute atomic E-state index is 12.6. The first-order chi connectivity index (χ1) is 10.3. The standard InChI is InChI=1S/C16H25N3O2/c1-3-21-14-5-4-9-18-15(14)16(20)19-11-7-13(8-12-19)6-10-17-2/h4-5,9,13,17H,3,6-8,10-12H2,1-2H3. The molecule has 0 saturated carbocycles. The van der Waals surface area contributed by atoms with Crippen molar-refractivity contribution in [3.8, 4) is 5.75 Å². The molecule has 1 N–H and O–H groups in total. The molecule has 0 atom stereocenters. The number of hydrogen-bond acceptors (Lipinski definition) is 4. The van der Waals surface area contributed by atoms with E-state index in [2.05, 4.69) is 10.3 Å². The smallest absolute Gasteiger partial charge is 0.276 e. The molecule has 1 amide bonds.